The van der Waals surface area contributed by atoms with Crippen molar-refractivity contribution >= 4 is 11.7 Å². The molecule has 1 amide bonds. The molecule has 118 valence electrons. The van der Waals surface area contributed by atoms with E-state index in [-0.39, 0.29) is 17.6 Å². The van der Waals surface area contributed by atoms with E-state index in [1.807, 2.05) is 10.7 Å². The Bertz CT molecular complexity index is 657. The molecule has 3 rings (SSSR count). The molecule has 1 aliphatic rings. The average Bonchev–Trinajstić information content (AvgIpc) is 3.07. The van der Waals surface area contributed by atoms with Crippen LogP contribution in [0, 0.1) is 5.92 Å². The summed E-state index contributed by atoms with van der Waals surface area (Å²) in [6.07, 6.45) is 5.13. The van der Waals surface area contributed by atoms with Crippen LogP contribution in [0.15, 0.2) is 22.9 Å². The standard InChI is InChI=1S/C16H22N4O2/c1-4-10(2)13-9-14(22-19-13)16(21)18-15-7-8-17-20(15)11(3)12-5-6-12/h7-12H,4-6H2,1-3H3,(H,18,21)/t10-,11+/m0/s1. The zero-order chi connectivity index (χ0) is 15.7. The number of carbonyl (C=O) groups is 1. The number of hydrogen-bond donors (Lipinski definition) is 1. The summed E-state index contributed by atoms with van der Waals surface area (Å²) in [5.74, 6) is 1.60. The van der Waals surface area contributed by atoms with Crippen LogP contribution in [0.1, 0.15) is 68.2 Å². The molecule has 6 nitrogen and oxygen atoms in total. The largest absolute Gasteiger partial charge is 0.351 e. The maximum atomic E-state index is 12.3. The Labute approximate surface area is 129 Å². The number of anilines is 1. The lowest BCUT2D eigenvalue weighted by atomic mass is 10.1. The second-order valence-electron chi connectivity index (χ2n) is 6.12. The van der Waals surface area contributed by atoms with Gasteiger partial charge in [0.2, 0.25) is 5.76 Å². The van der Waals surface area contributed by atoms with Gasteiger partial charge in [0.1, 0.15) is 5.82 Å². The average molecular weight is 302 g/mol. The van der Waals surface area contributed by atoms with Gasteiger partial charge in [-0.15, -0.1) is 0 Å². The minimum atomic E-state index is -0.285. The summed E-state index contributed by atoms with van der Waals surface area (Å²) >= 11 is 0. The lowest BCUT2D eigenvalue weighted by molar-refractivity contribution is 0.0986. The van der Waals surface area contributed by atoms with E-state index in [2.05, 4.69) is 36.3 Å². The van der Waals surface area contributed by atoms with Crippen LogP contribution in [0.4, 0.5) is 5.82 Å². The van der Waals surface area contributed by atoms with Crippen LogP contribution in [0.3, 0.4) is 0 Å². The van der Waals surface area contributed by atoms with Crippen molar-refractivity contribution < 1.29 is 9.32 Å². The van der Waals surface area contributed by atoms with Crippen molar-refractivity contribution in [2.24, 2.45) is 5.92 Å². The molecule has 0 spiro atoms. The highest BCUT2D eigenvalue weighted by molar-refractivity contribution is 6.01. The van der Waals surface area contributed by atoms with E-state index in [4.69, 9.17) is 4.52 Å². The topological polar surface area (TPSA) is 73.0 Å². The molecule has 1 aliphatic carbocycles. The van der Waals surface area contributed by atoms with Crippen LogP contribution >= 0.6 is 0 Å². The molecule has 1 saturated carbocycles. The molecular formula is C16H22N4O2. The molecule has 2 aromatic rings. The van der Waals surface area contributed by atoms with Crippen molar-refractivity contribution in [3.63, 3.8) is 0 Å². The van der Waals surface area contributed by atoms with Crippen molar-refractivity contribution in [2.75, 3.05) is 5.32 Å². The Hall–Kier alpha value is -2.11. The summed E-state index contributed by atoms with van der Waals surface area (Å²) in [4.78, 5) is 12.3. The van der Waals surface area contributed by atoms with Gasteiger partial charge in [-0.3, -0.25) is 4.79 Å². The first-order valence-corrected chi connectivity index (χ1v) is 7.91. The van der Waals surface area contributed by atoms with Gasteiger partial charge >= 0.3 is 0 Å². The molecule has 6 heteroatoms. The normalized spacial score (nSPS) is 17.2. The number of nitrogens with zero attached hydrogens (tertiary/aromatic N) is 3. The van der Waals surface area contributed by atoms with Gasteiger partial charge in [-0.1, -0.05) is 19.0 Å². The molecule has 0 saturated heterocycles. The molecule has 1 fully saturated rings. The molecule has 2 heterocycles. The van der Waals surface area contributed by atoms with E-state index in [0.717, 1.165) is 12.1 Å². The zero-order valence-electron chi connectivity index (χ0n) is 13.2. The van der Waals surface area contributed by atoms with Gasteiger partial charge in [-0.2, -0.15) is 5.10 Å². The lowest BCUT2D eigenvalue weighted by Crippen LogP contribution is -2.18. The monoisotopic (exact) mass is 302 g/mol. The van der Waals surface area contributed by atoms with Crippen LogP contribution in [-0.4, -0.2) is 20.8 Å². The molecule has 2 aromatic heterocycles. The third kappa shape index (κ3) is 2.91. The summed E-state index contributed by atoms with van der Waals surface area (Å²) in [5, 5.41) is 11.2. The predicted octanol–water partition coefficient (Wildman–Crippen LogP) is 3.61. The van der Waals surface area contributed by atoms with Crippen molar-refractivity contribution in [1.82, 2.24) is 14.9 Å². The highest BCUT2D eigenvalue weighted by atomic mass is 16.5. The third-order valence-electron chi connectivity index (χ3n) is 4.47. The SMILES string of the molecule is CC[C@H](C)c1cc(C(=O)Nc2ccnn2[C@H](C)C2CC2)on1. The van der Waals surface area contributed by atoms with E-state index in [0.29, 0.717) is 17.8 Å². The van der Waals surface area contributed by atoms with Gasteiger partial charge in [0.25, 0.3) is 5.91 Å². The Morgan fingerprint density at radius 1 is 1.50 bits per heavy atom. The molecule has 0 aliphatic heterocycles. The van der Waals surface area contributed by atoms with Gasteiger partial charge in [-0.05, 0) is 32.1 Å². The zero-order valence-corrected chi connectivity index (χ0v) is 13.2. The number of hydrogen-bond acceptors (Lipinski definition) is 4. The van der Waals surface area contributed by atoms with Gasteiger partial charge in [0.05, 0.1) is 17.9 Å². The van der Waals surface area contributed by atoms with Gasteiger partial charge in [0.15, 0.2) is 0 Å². The van der Waals surface area contributed by atoms with Gasteiger partial charge in [0, 0.05) is 18.1 Å². The first kappa shape index (κ1) is 14.8. The molecule has 0 unspecified atom stereocenters. The van der Waals surface area contributed by atoms with Crippen LogP contribution in [0.5, 0.6) is 0 Å². The maximum absolute atomic E-state index is 12.3. The molecule has 2 atom stereocenters. The summed E-state index contributed by atoms with van der Waals surface area (Å²) in [6, 6.07) is 3.83. The Morgan fingerprint density at radius 2 is 2.27 bits per heavy atom. The van der Waals surface area contributed by atoms with Crippen LogP contribution in [0.25, 0.3) is 0 Å². The predicted molar refractivity (Wildman–Crippen MR) is 82.8 cm³/mol. The third-order valence-corrected chi connectivity index (χ3v) is 4.47. The van der Waals surface area contributed by atoms with Crippen molar-refractivity contribution in [1.29, 1.82) is 0 Å². The van der Waals surface area contributed by atoms with Gasteiger partial charge in [-0.25, -0.2) is 4.68 Å². The van der Waals surface area contributed by atoms with Crippen LogP contribution in [-0.2, 0) is 0 Å². The molecule has 0 radical (unpaired) electrons. The van der Waals surface area contributed by atoms with E-state index in [1.165, 1.54) is 12.8 Å². The number of carbonyl (C=O) groups excluding carboxylic acids is 1. The highest BCUT2D eigenvalue weighted by Crippen LogP contribution is 2.40. The Balaban J connectivity index is 1.72. The van der Waals surface area contributed by atoms with E-state index >= 15 is 0 Å². The number of amides is 1. The summed E-state index contributed by atoms with van der Waals surface area (Å²) in [6.45, 7) is 6.28. The van der Waals surface area contributed by atoms with E-state index < -0.39 is 0 Å². The van der Waals surface area contributed by atoms with Crippen LogP contribution < -0.4 is 5.32 Å². The second-order valence-corrected chi connectivity index (χ2v) is 6.12. The Kier molecular flexibility index (Phi) is 4.00. The summed E-state index contributed by atoms with van der Waals surface area (Å²) in [7, 11) is 0. The molecule has 0 aromatic carbocycles. The van der Waals surface area contributed by atoms with Crippen molar-refractivity contribution in [3.05, 3.63) is 29.8 Å². The minimum Gasteiger partial charge on any atom is -0.351 e. The minimum absolute atomic E-state index is 0.238. The summed E-state index contributed by atoms with van der Waals surface area (Å²) in [5.41, 5.74) is 0.813. The smallest absolute Gasteiger partial charge is 0.295 e. The fourth-order valence-electron chi connectivity index (χ4n) is 2.53. The van der Waals surface area contributed by atoms with Gasteiger partial charge < -0.3 is 9.84 Å². The number of nitrogens with one attached hydrogen (secondary N) is 1. The first-order chi connectivity index (χ1) is 10.6. The quantitative estimate of drug-likeness (QED) is 0.884. The first-order valence-electron chi connectivity index (χ1n) is 7.91. The highest BCUT2D eigenvalue weighted by Gasteiger charge is 2.31. The van der Waals surface area contributed by atoms with Crippen LogP contribution in [0.2, 0.25) is 0 Å². The fourth-order valence-corrected chi connectivity index (χ4v) is 2.53. The molecule has 22 heavy (non-hydrogen) atoms. The molecular weight excluding hydrogens is 280 g/mol. The molecule has 0 bridgehead atoms. The number of aromatic nitrogens is 3. The maximum Gasteiger partial charge on any atom is 0.295 e. The summed E-state index contributed by atoms with van der Waals surface area (Å²) < 4.78 is 7.04. The van der Waals surface area contributed by atoms with Crippen molar-refractivity contribution in [2.45, 2.75) is 52.0 Å². The van der Waals surface area contributed by atoms with E-state index in [1.54, 1.807) is 12.3 Å². The lowest BCUT2D eigenvalue weighted by Gasteiger charge is -2.14. The fraction of sp³-hybridized carbons (Fsp3) is 0.562. The van der Waals surface area contributed by atoms with Crippen molar-refractivity contribution in [3.8, 4) is 0 Å². The number of rotatable bonds is 6. The Morgan fingerprint density at radius 3 is 2.95 bits per heavy atom. The van der Waals surface area contributed by atoms with E-state index in [9.17, 15) is 4.79 Å². The second kappa shape index (κ2) is 5.94. The molecule has 1 N–H and O–H groups in total.